The van der Waals surface area contributed by atoms with E-state index in [1.807, 2.05) is 0 Å². The van der Waals surface area contributed by atoms with Gasteiger partial charge in [-0.2, -0.15) is 0 Å². The normalized spacial score (nSPS) is 31.3. The first kappa shape index (κ1) is 12.2. The van der Waals surface area contributed by atoms with Crippen molar-refractivity contribution in [2.75, 3.05) is 0 Å². The van der Waals surface area contributed by atoms with Crippen molar-refractivity contribution in [3.8, 4) is 0 Å². The van der Waals surface area contributed by atoms with Crippen molar-refractivity contribution < 1.29 is 0 Å². The minimum atomic E-state index is 0.446. The summed E-state index contributed by atoms with van der Waals surface area (Å²) in [4.78, 5) is 0. The van der Waals surface area contributed by atoms with Crippen molar-refractivity contribution in [2.24, 2.45) is 5.73 Å². The molecule has 0 bridgehead atoms. The summed E-state index contributed by atoms with van der Waals surface area (Å²) >= 11 is 0. The number of fused-ring (bicyclic) bond motifs is 1. The summed E-state index contributed by atoms with van der Waals surface area (Å²) in [5, 5.41) is 3.87. The first-order valence-corrected chi connectivity index (χ1v) is 7.33. The maximum Gasteiger partial charge on any atom is 0.0328 e. The number of nitrogens with two attached hydrogens (primary N) is 1. The molecule has 0 radical (unpaired) electrons. The Hall–Kier alpha value is -0.860. The van der Waals surface area contributed by atoms with Gasteiger partial charge >= 0.3 is 0 Å². The fourth-order valence-corrected chi connectivity index (χ4v) is 3.47. The Morgan fingerprint density at radius 3 is 2.67 bits per heavy atom. The van der Waals surface area contributed by atoms with Crippen LogP contribution in [-0.2, 0) is 6.42 Å². The molecule has 0 heterocycles. The zero-order chi connectivity index (χ0) is 12.5. The third-order valence-electron chi connectivity index (χ3n) is 4.59. The average Bonchev–Trinajstić information content (AvgIpc) is 2.75. The van der Waals surface area contributed by atoms with Gasteiger partial charge in [-0.05, 0) is 56.6 Å². The predicted molar refractivity (Wildman–Crippen MR) is 75.6 cm³/mol. The van der Waals surface area contributed by atoms with Crippen LogP contribution >= 0.6 is 0 Å². The van der Waals surface area contributed by atoms with Gasteiger partial charge in [-0.25, -0.2) is 0 Å². The van der Waals surface area contributed by atoms with Gasteiger partial charge in [0, 0.05) is 18.1 Å². The van der Waals surface area contributed by atoms with Crippen LogP contribution < -0.4 is 11.1 Å². The summed E-state index contributed by atoms with van der Waals surface area (Å²) in [7, 11) is 0. The van der Waals surface area contributed by atoms with Crippen LogP contribution in [0.2, 0.25) is 0 Å². The van der Waals surface area contributed by atoms with Gasteiger partial charge in [-0.3, -0.25) is 0 Å². The van der Waals surface area contributed by atoms with E-state index < -0.39 is 0 Å². The van der Waals surface area contributed by atoms with E-state index in [0.29, 0.717) is 18.1 Å². The Balaban J connectivity index is 1.67. The number of aryl methyl sites for hydroxylation is 2. The highest BCUT2D eigenvalue weighted by molar-refractivity contribution is 5.37. The molecule has 1 aromatic rings. The van der Waals surface area contributed by atoms with Crippen molar-refractivity contribution >= 4 is 0 Å². The molecule has 1 fully saturated rings. The third kappa shape index (κ3) is 2.45. The molecule has 3 rings (SSSR count). The SMILES string of the molecule is Cc1ccc2c(c1)C(NC1CCC(N)CC1)CC2. The Labute approximate surface area is 110 Å². The van der Waals surface area contributed by atoms with Gasteiger partial charge in [-0.1, -0.05) is 23.8 Å². The van der Waals surface area contributed by atoms with Crippen molar-refractivity contribution in [3.63, 3.8) is 0 Å². The van der Waals surface area contributed by atoms with Crippen LogP contribution in [0.3, 0.4) is 0 Å². The van der Waals surface area contributed by atoms with E-state index >= 15 is 0 Å². The standard InChI is InChI=1S/C16H24N2/c1-11-2-3-12-4-9-16(15(12)10-11)18-14-7-5-13(17)6-8-14/h2-3,10,13-14,16,18H,4-9,17H2,1H3. The highest BCUT2D eigenvalue weighted by Crippen LogP contribution is 2.33. The third-order valence-corrected chi connectivity index (χ3v) is 4.59. The molecule has 2 aliphatic carbocycles. The van der Waals surface area contributed by atoms with Crippen LogP contribution in [0.1, 0.15) is 54.8 Å². The molecule has 0 aromatic heterocycles. The number of hydrogen-bond donors (Lipinski definition) is 2. The minimum Gasteiger partial charge on any atom is -0.328 e. The smallest absolute Gasteiger partial charge is 0.0328 e. The summed E-state index contributed by atoms with van der Waals surface area (Å²) in [6.45, 7) is 2.19. The maximum atomic E-state index is 5.97. The number of benzene rings is 1. The quantitative estimate of drug-likeness (QED) is 0.839. The predicted octanol–water partition coefficient (Wildman–Crippen LogP) is 2.84. The van der Waals surface area contributed by atoms with E-state index in [-0.39, 0.29) is 0 Å². The van der Waals surface area contributed by atoms with Crippen LogP contribution in [0.5, 0.6) is 0 Å². The molecule has 1 saturated carbocycles. The molecular formula is C16H24N2. The van der Waals surface area contributed by atoms with Crippen molar-refractivity contribution in [1.82, 2.24) is 5.32 Å². The topological polar surface area (TPSA) is 38.0 Å². The number of rotatable bonds is 2. The molecule has 0 amide bonds. The van der Waals surface area contributed by atoms with Crippen LogP contribution in [0.4, 0.5) is 0 Å². The van der Waals surface area contributed by atoms with Gasteiger partial charge < -0.3 is 11.1 Å². The van der Waals surface area contributed by atoms with E-state index in [2.05, 4.69) is 30.4 Å². The Morgan fingerprint density at radius 1 is 1.11 bits per heavy atom. The van der Waals surface area contributed by atoms with E-state index in [1.54, 1.807) is 11.1 Å². The van der Waals surface area contributed by atoms with E-state index in [4.69, 9.17) is 5.73 Å². The molecule has 3 N–H and O–H groups in total. The molecule has 2 nitrogen and oxygen atoms in total. The molecule has 2 aliphatic rings. The highest BCUT2D eigenvalue weighted by atomic mass is 15.0. The van der Waals surface area contributed by atoms with Gasteiger partial charge in [0.15, 0.2) is 0 Å². The molecule has 1 atom stereocenters. The van der Waals surface area contributed by atoms with E-state index in [9.17, 15) is 0 Å². The fraction of sp³-hybridized carbons (Fsp3) is 0.625. The van der Waals surface area contributed by atoms with Crippen molar-refractivity contribution in [2.45, 2.75) is 63.6 Å². The molecular weight excluding hydrogens is 220 g/mol. The summed E-state index contributed by atoms with van der Waals surface area (Å²) < 4.78 is 0. The molecule has 0 spiro atoms. The van der Waals surface area contributed by atoms with Gasteiger partial charge in [0.25, 0.3) is 0 Å². The lowest BCUT2D eigenvalue weighted by Crippen LogP contribution is -2.38. The first-order valence-electron chi connectivity index (χ1n) is 7.33. The van der Waals surface area contributed by atoms with E-state index in [1.165, 1.54) is 44.1 Å². The zero-order valence-electron chi connectivity index (χ0n) is 11.3. The second-order valence-electron chi connectivity index (χ2n) is 6.07. The molecule has 18 heavy (non-hydrogen) atoms. The van der Waals surface area contributed by atoms with Crippen molar-refractivity contribution in [1.29, 1.82) is 0 Å². The summed E-state index contributed by atoms with van der Waals surface area (Å²) in [6, 6.07) is 8.63. The zero-order valence-corrected chi connectivity index (χ0v) is 11.3. The average molecular weight is 244 g/mol. The minimum absolute atomic E-state index is 0.446. The Morgan fingerprint density at radius 2 is 1.89 bits per heavy atom. The lowest BCUT2D eigenvalue weighted by atomic mass is 9.91. The molecule has 2 heteroatoms. The van der Waals surface area contributed by atoms with Crippen molar-refractivity contribution in [3.05, 3.63) is 34.9 Å². The second-order valence-corrected chi connectivity index (χ2v) is 6.07. The van der Waals surface area contributed by atoms with Crippen LogP contribution in [0.15, 0.2) is 18.2 Å². The van der Waals surface area contributed by atoms with Crippen LogP contribution in [0, 0.1) is 6.92 Å². The second kappa shape index (κ2) is 5.02. The van der Waals surface area contributed by atoms with Crippen LogP contribution in [0.25, 0.3) is 0 Å². The van der Waals surface area contributed by atoms with Gasteiger partial charge in [-0.15, -0.1) is 0 Å². The summed E-state index contributed by atoms with van der Waals surface area (Å²) in [5.41, 5.74) is 10.4. The largest absolute Gasteiger partial charge is 0.328 e. The first-order chi connectivity index (χ1) is 8.72. The highest BCUT2D eigenvalue weighted by Gasteiger charge is 2.26. The summed E-state index contributed by atoms with van der Waals surface area (Å²) in [6.07, 6.45) is 7.37. The lowest BCUT2D eigenvalue weighted by Gasteiger charge is -2.29. The Kier molecular flexibility index (Phi) is 3.40. The lowest BCUT2D eigenvalue weighted by molar-refractivity contribution is 0.315. The number of nitrogens with one attached hydrogen (secondary N) is 1. The molecule has 0 saturated heterocycles. The van der Waals surface area contributed by atoms with Gasteiger partial charge in [0.05, 0.1) is 0 Å². The maximum absolute atomic E-state index is 5.97. The summed E-state index contributed by atoms with van der Waals surface area (Å²) in [5.74, 6) is 0. The number of hydrogen-bond acceptors (Lipinski definition) is 2. The monoisotopic (exact) mass is 244 g/mol. The molecule has 1 aromatic carbocycles. The van der Waals surface area contributed by atoms with E-state index in [0.717, 1.165) is 0 Å². The van der Waals surface area contributed by atoms with Crippen LogP contribution in [-0.4, -0.2) is 12.1 Å². The van der Waals surface area contributed by atoms with Gasteiger partial charge in [0.2, 0.25) is 0 Å². The molecule has 98 valence electrons. The Bertz CT molecular complexity index is 419. The van der Waals surface area contributed by atoms with Gasteiger partial charge in [0.1, 0.15) is 0 Å². The molecule has 0 aliphatic heterocycles. The fourth-order valence-electron chi connectivity index (χ4n) is 3.47. The molecule has 1 unspecified atom stereocenters.